The predicted octanol–water partition coefficient (Wildman–Crippen LogP) is 6.84. The molecule has 6 rings (SSSR count). The largest absolute Gasteiger partial charge is 0.378 e. The number of nitrogens with one attached hydrogen (secondary N) is 1. The Morgan fingerprint density at radius 1 is 0.625 bits per heavy atom. The highest BCUT2D eigenvalue weighted by Crippen LogP contribution is 2.43. The lowest BCUT2D eigenvalue weighted by Gasteiger charge is -2.26. The van der Waals surface area contributed by atoms with Crippen LogP contribution >= 0.6 is 0 Å². The van der Waals surface area contributed by atoms with E-state index in [1.54, 1.807) is 36.4 Å². The fourth-order valence-electron chi connectivity index (χ4n) is 4.93. The minimum atomic E-state index is -4.17. The van der Waals surface area contributed by atoms with Crippen LogP contribution in [0.3, 0.4) is 0 Å². The molecule has 0 fully saturated rings. The molecular formula is C34H25NO4S. The van der Waals surface area contributed by atoms with Crippen molar-refractivity contribution in [1.29, 1.82) is 0 Å². The highest BCUT2D eigenvalue weighted by atomic mass is 32.2. The number of rotatable bonds is 6. The highest BCUT2D eigenvalue weighted by molar-refractivity contribution is 7.87. The molecule has 5 nitrogen and oxygen atoms in total. The zero-order valence-corrected chi connectivity index (χ0v) is 22.2. The third-order valence-electron chi connectivity index (χ3n) is 6.84. The Morgan fingerprint density at radius 2 is 1.18 bits per heavy atom. The third-order valence-corrected chi connectivity index (χ3v) is 8.10. The van der Waals surface area contributed by atoms with Crippen LogP contribution in [0.25, 0.3) is 11.3 Å². The Balaban J connectivity index is 1.52. The summed E-state index contributed by atoms with van der Waals surface area (Å²) in [6.45, 7) is 0. The Kier molecular flexibility index (Phi) is 6.76. The van der Waals surface area contributed by atoms with Gasteiger partial charge in [0.25, 0.3) is 5.91 Å². The Bertz CT molecular complexity index is 1800. The van der Waals surface area contributed by atoms with Gasteiger partial charge in [0.15, 0.2) is 5.76 Å². The van der Waals surface area contributed by atoms with E-state index in [0.717, 1.165) is 11.1 Å². The predicted molar refractivity (Wildman–Crippen MR) is 156 cm³/mol. The highest BCUT2D eigenvalue weighted by Gasteiger charge is 2.34. The van der Waals surface area contributed by atoms with Crippen LogP contribution in [-0.2, 0) is 14.3 Å². The second-order valence-electron chi connectivity index (χ2n) is 9.41. The van der Waals surface area contributed by atoms with E-state index in [1.165, 1.54) is 0 Å². The smallest absolute Gasteiger partial charge is 0.339 e. The average molecular weight is 544 g/mol. The SMILES string of the molecule is O=C(NC(c1ccccc1)c1ccc2c(c1)S(=O)(=O)OC(c1ccccc1)=C2c1ccccc1)c1ccccc1. The summed E-state index contributed by atoms with van der Waals surface area (Å²) in [6.07, 6.45) is 0. The van der Waals surface area contributed by atoms with Crippen LogP contribution in [0.4, 0.5) is 0 Å². The number of amides is 1. The normalized spacial score (nSPS) is 14.5. The van der Waals surface area contributed by atoms with Crippen molar-refractivity contribution in [1.82, 2.24) is 5.32 Å². The van der Waals surface area contributed by atoms with Gasteiger partial charge < -0.3 is 9.50 Å². The van der Waals surface area contributed by atoms with Crippen LogP contribution in [0.15, 0.2) is 144 Å². The summed E-state index contributed by atoms with van der Waals surface area (Å²) in [4.78, 5) is 13.2. The first-order chi connectivity index (χ1) is 19.5. The first-order valence-electron chi connectivity index (χ1n) is 12.9. The van der Waals surface area contributed by atoms with Gasteiger partial charge in [-0.2, -0.15) is 8.42 Å². The maximum absolute atomic E-state index is 13.6. The summed E-state index contributed by atoms with van der Waals surface area (Å²) in [6, 6.07) is 41.9. The molecule has 0 aromatic heterocycles. The average Bonchev–Trinajstić information content (AvgIpc) is 3.01. The van der Waals surface area contributed by atoms with Gasteiger partial charge in [0.05, 0.1) is 6.04 Å². The Labute approximate surface area is 233 Å². The summed E-state index contributed by atoms with van der Waals surface area (Å²) in [7, 11) is -4.17. The maximum atomic E-state index is 13.6. The molecule has 1 unspecified atom stereocenters. The van der Waals surface area contributed by atoms with E-state index >= 15 is 0 Å². The van der Waals surface area contributed by atoms with E-state index in [0.29, 0.717) is 27.8 Å². The van der Waals surface area contributed by atoms with Gasteiger partial charge in [0.1, 0.15) is 4.90 Å². The van der Waals surface area contributed by atoms with Gasteiger partial charge in [-0.1, -0.05) is 121 Å². The summed E-state index contributed by atoms with van der Waals surface area (Å²) < 4.78 is 33.1. The topological polar surface area (TPSA) is 72.5 Å². The molecule has 0 bridgehead atoms. The van der Waals surface area contributed by atoms with Crippen LogP contribution in [0.1, 0.15) is 44.2 Å². The van der Waals surface area contributed by atoms with Gasteiger partial charge in [-0.15, -0.1) is 0 Å². The van der Waals surface area contributed by atoms with E-state index < -0.39 is 16.2 Å². The second kappa shape index (κ2) is 10.7. The summed E-state index contributed by atoms with van der Waals surface area (Å²) in [5, 5.41) is 3.09. The number of benzene rings is 5. The molecule has 1 atom stereocenters. The van der Waals surface area contributed by atoms with Gasteiger partial charge >= 0.3 is 10.1 Å². The Morgan fingerprint density at radius 3 is 1.80 bits per heavy atom. The molecule has 1 aliphatic rings. The van der Waals surface area contributed by atoms with Crippen LogP contribution in [0, 0.1) is 0 Å². The van der Waals surface area contributed by atoms with Gasteiger partial charge in [-0.05, 0) is 34.9 Å². The van der Waals surface area contributed by atoms with E-state index in [-0.39, 0.29) is 16.6 Å². The lowest BCUT2D eigenvalue weighted by atomic mass is 9.91. The molecule has 1 amide bonds. The van der Waals surface area contributed by atoms with E-state index in [9.17, 15) is 13.2 Å². The lowest BCUT2D eigenvalue weighted by Crippen LogP contribution is -2.29. The summed E-state index contributed by atoms with van der Waals surface area (Å²) >= 11 is 0. The zero-order chi connectivity index (χ0) is 27.5. The summed E-state index contributed by atoms with van der Waals surface area (Å²) in [5.74, 6) is 0.0200. The third kappa shape index (κ3) is 4.93. The molecule has 0 aliphatic carbocycles. The summed E-state index contributed by atoms with van der Waals surface area (Å²) in [5.41, 5.74) is 4.69. The second-order valence-corrected chi connectivity index (χ2v) is 10.9. The first kappa shape index (κ1) is 25.3. The molecule has 196 valence electrons. The quantitative estimate of drug-likeness (QED) is 0.238. The number of carbonyl (C=O) groups excluding carboxylic acids is 1. The molecule has 5 aromatic carbocycles. The van der Waals surface area contributed by atoms with Crippen LogP contribution in [-0.4, -0.2) is 14.3 Å². The number of carbonyl (C=O) groups is 1. The maximum Gasteiger partial charge on any atom is 0.339 e. The van der Waals surface area contributed by atoms with Crippen molar-refractivity contribution < 1.29 is 17.4 Å². The van der Waals surface area contributed by atoms with Crippen molar-refractivity contribution in [2.75, 3.05) is 0 Å². The monoisotopic (exact) mass is 543 g/mol. The molecule has 0 saturated carbocycles. The van der Waals surface area contributed by atoms with Crippen LogP contribution in [0.2, 0.25) is 0 Å². The Hall–Kier alpha value is -4.94. The minimum Gasteiger partial charge on any atom is -0.378 e. The molecule has 1 heterocycles. The van der Waals surface area contributed by atoms with Crippen molar-refractivity contribution in [3.05, 3.63) is 173 Å². The van der Waals surface area contributed by atoms with Crippen molar-refractivity contribution in [2.24, 2.45) is 0 Å². The van der Waals surface area contributed by atoms with Crippen molar-refractivity contribution >= 4 is 27.4 Å². The van der Waals surface area contributed by atoms with Gasteiger partial charge in [-0.3, -0.25) is 4.79 Å². The molecule has 0 saturated heterocycles. The first-order valence-corrected chi connectivity index (χ1v) is 14.3. The van der Waals surface area contributed by atoms with Crippen molar-refractivity contribution in [3.63, 3.8) is 0 Å². The molecule has 1 N–H and O–H groups in total. The van der Waals surface area contributed by atoms with Gasteiger partial charge in [-0.25, -0.2) is 0 Å². The van der Waals surface area contributed by atoms with E-state index in [4.69, 9.17) is 4.18 Å². The standard InChI is InChI=1S/C34H25NO4S/c36-34(27-19-11-4-12-20-27)35-32(25-15-7-2-8-16-25)28-21-22-29-30(23-28)40(37,38)39-33(26-17-9-3-10-18-26)31(29)24-13-5-1-6-14-24/h1-23,32H,(H,35,36). The van der Waals surface area contributed by atoms with E-state index in [1.807, 2.05) is 103 Å². The zero-order valence-electron chi connectivity index (χ0n) is 21.4. The van der Waals surface area contributed by atoms with Crippen LogP contribution < -0.4 is 5.32 Å². The van der Waals surface area contributed by atoms with E-state index in [2.05, 4.69) is 5.32 Å². The molecular weight excluding hydrogens is 518 g/mol. The molecule has 40 heavy (non-hydrogen) atoms. The minimum absolute atomic E-state index is 0.0541. The molecule has 5 aromatic rings. The van der Waals surface area contributed by atoms with Crippen LogP contribution in [0.5, 0.6) is 0 Å². The molecule has 0 radical (unpaired) electrons. The fraction of sp³-hybridized carbons (Fsp3) is 0.0294. The number of hydrogen-bond acceptors (Lipinski definition) is 4. The molecule has 1 aliphatic heterocycles. The van der Waals surface area contributed by atoms with Crippen molar-refractivity contribution in [2.45, 2.75) is 10.9 Å². The number of hydrogen-bond donors (Lipinski definition) is 1. The fourth-order valence-corrected chi connectivity index (χ4v) is 6.14. The van der Waals surface area contributed by atoms with Gasteiger partial charge in [0.2, 0.25) is 0 Å². The molecule has 6 heteroatoms. The lowest BCUT2D eigenvalue weighted by molar-refractivity contribution is 0.0943. The van der Waals surface area contributed by atoms with Crippen molar-refractivity contribution in [3.8, 4) is 0 Å². The van der Waals surface area contributed by atoms with Gasteiger partial charge in [0, 0.05) is 22.3 Å². The number of fused-ring (bicyclic) bond motifs is 1. The molecule has 0 spiro atoms.